The first-order valence-corrected chi connectivity index (χ1v) is 10.4. The van der Waals surface area contributed by atoms with Crippen molar-refractivity contribution in [1.29, 1.82) is 0 Å². The molecule has 1 heterocycles. The molecule has 1 N–H and O–H groups in total. The van der Waals surface area contributed by atoms with Crippen LogP contribution in [0.3, 0.4) is 0 Å². The summed E-state index contributed by atoms with van der Waals surface area (Å²) in [4.78, 5) is 28.4. The van der Waals surface area contributed by atoms with Crippen molar-refractivity contribution < 1.29 is 9.59 Å². The molecule has 4 rings (SSSR count). The summed E-state index contributed by atoms with van der Waals surface area (Å²) in [6.07, 6.45) is 0. The summed E-state index contributed by atoms with van der Waals surface area (Å²) in [5, 5.41) is 3.68. The molecule has 4 nitrogen and oxygen atoms in total. The molecule has 0 unspecified atom stereocenters. The van der Waals surface area contributed by atoms with Crippen LogP contribution in [-0.4, -0.2) is 11.8 Å². The summed E-state index contributed by atoms with van der Waals surface area (Å²) in [6, 6.07) is 18.7. The van der Waals surface area contributed by atoms with Gasteiger partial charge in [-0.3, -0.25) is 9.59 Å². The van der Waals surface area contributed by atoms with Gasteiger partial charge in [0.05, 0.1) is 11.3 Å². The van der Waals surface area contributed by atoms with Gasteiger partial charge in [-0.05, 0) is 79.8 Å². The minimum atomic E-state index is -0.398. The monoisotopic (exact) mass is 430 g/mol. The van der Waals surface area contributed by atoms with E-state index in [1.165, 1.54) is 4.90 Å². The SMILES string of the molecule is Cc1cccc(NC2=C(c3ccc(C)c(C)c3)C(=O)N(c3cc(Cl)ccc3C)C2=O)c1. The summed E-state index contributed by atoms with van der Waals surface area (Å²) in [7, 11) is 0. The average molecular weight is 431 g/mol. The van der Waals surface area contributed by atoms with Crippen LogP contribution in [0, 0.1) is 27.7 Å². The van der Waals surface area contributed by atoms with E-state index < -0.39 is 5.91 Å². The van der Waals surface area contributed by atoms with Gasteiger partial charge in [-0.1, -0.05) is 48.0 Å². The number of anilines is 2. The second-order valence-corrected chi connectivity index (χ2v) is 8.36. The molecule has 2 amide bonds. The molecule has 0 bridgehead atoms. The predicted molar refractivity (Wildman–Crippen MR) is 126 cm³/mol. The molecule has 0 spiro atoms. The van der Waals surface area contributed by atoms with Crippen molar-refractivity contribution in [3.05, 3.63) is 99.2 Å². The van der Waals surface area contributed by atoms with Crippen LogP contribution in [0.2, 0.25) is 5.02 Å². The standard InChI is InChI=1S/C26H23ClN2O2/c1-15-6-5-7-21(12-15)28-24-23(19-10-8-16(2)18(4)13-19)25(30)29(26(24)31)22-14-20(27)11-9-17(22)3/h5-14,28H,1-4H3. The number of halogens is 1. The largest absolute Gasteiger partial charge is 0.350 e. The highest BCUT2D eigenvalue weighted by Crippen LogP contribution is 2.36. The lowest BCUT2D eigenvalue weighted by Gasteiger charge is -2.18. The van der Waals surface area contributed by atoms with Gasteiger partial charge in [-0.25, -0.2) is 4.90 Å². The first-order valence-electron chi connectivity index (χ1n) is 10.1. The number of aryl methyl sites for hydroxylation is 4. The van der Waals surface area contributed by atoms with Crippen molar-refractivity contribution in [2.75, 3.05) is 10.2 Å². The Labute approximate surface area is 187 Å². The van der Waals surface area contributed by atoms with Gasteiger partial charge in [0.15, 0.2) is 0 Å². The highest BCUT2D eigenvalue weighted by atomic mass is 35.5. The molecule has 1 aliphatic rings. The number of carbonyl (C=O) groups excluding carboxylic acids is 2. The Morgan fingerprint density at radius 1 is 0.774 bits per heavy atom. The van der Waals surface area contributed by atoms with Crippen molar-refractivity contribution >= 4 is 40.4 Å². The maximum atomic E-state index is 13.6. The minimum absolute atomic E-state index is 0.262. The lowest BCUT2D eigenvalue weighted by Crippen LogP contribution is -2.33. The van der Waals surface area contributed by atoms with E-state index in [0.29, 0.717) is 21.8 Å². The van der Waals surface area contributed by atoms with E-state index in [9.17, 15) is 9.59 Å². The Balaban J connectivity index is 1.88. The molecular formula is C26H23ClN2O2. The number of nitrogens with one attached hydrogen (secondary N) is 1. The first-order chi connectivity index (χ1) is 14.8. The van der Waals surface area contributed by atoms with Crippen molar-refractivity contribution in [3.63, 3.8) is 0 Å². The molecule has 156 valence electrons. The molecule has 0 saturated carbocycles. The fourth-order valence-corrected chi connectivity index (χ4v) is 3.89. The molecule has 0 saturated heterocycles. The fourth-order valence-electron chi connectivity index (χ4n) is 3.72. The van der Waals surface area contributed by atoms with Gasteiger partial charge < -0.3 is 5.32 Å². The Morgan fingerprint density at radius 3 is 2.23 bits per heavy atom. The van der Waals surface area contributed by atoms with Crippen LogP contribution in [0.15, 0.2) is 66.4 Å². The Hall–Kier alpha value is -3.37. The summed E-state index contributed by atoms with van der Waals surface area (Å²) in [6.45, 7) is 7.84. The van der Waals surface area contributed by atoms with Crippen molar-refractivity contribution in [2.45, 2.75) is 27.7 Å². The van der Waals surface area contributed by atoms with E-state index in [1.54, 1.807) is 18.2 Å². The molecule has 0 aromatic heterocycles. The molecule has 5 heteroatoms. The Bertz CT molecular complexity index is 1260. The molecule has 3 aromatic rings. The summed E-state index contributed by atoms with van der Waals surface area (Å²) < 4.78 is 0. The van der Waals surface area contributed by atoms with Gasteiger partial charge in [0.2, 0.25) is 0 Å². The molecule has 1 aliphatic heterocycles. The third-order valence-corrected chi connectivity index (χ3v) is 5.81. The molecule has 0 fully saturated rings. The number of carbonyl (C=O) groups is 2. The zero-order valence-electron chi connectivity index (χ0n) is 17.9. The first kappa shape index (κ1) is 20.9. The molecule has 31 heavy (non-hydrogen) atoms. The van der Waals surface area contributed by atoms with Crippen LogP contribution in [0.1, 0.15) is 27.8 Å². The van der Waals surface area contributed by atoms with E-state index in [4.69, 9.17) is 11.6 Å². The molecule has 0 aliphatic carbocycles. The van der Waals surface area contributed by atoms with Crippen LogP contribution >= 0.6 is 11.6 Å². The third-order valence-electron chi connectivity index (χ3n) is 5.58. The van der Waals surface area contributed by atoms with Crippen molar-refractivity contribution in [1.82, 2.24) is 0 Å². The number of rotatable bonds is 4. The number of amides is 2. The number of imide groups is 1. The van der Waals surface area contributed by atoms with Gasteiger partial charge in [-0.15, -0.1) is 0 Å². The van der Waals surface area contributed by atoms with Crippen LogP contribution < -0.4 is 10.2 Å². The highest BCUT2D eigenvalue weighted by molar-refractivity contribution is 6.46. The van der Waals surface area contributed by atoms with Crippen molar-refractivity contribution in [2.24, 2.45) is 0 Å². The second-order valence-electron chi connectivity index (χ2n) is 7.92. The zero-order valence-corrected chi connectivity index (χ0v) is 18.7. The highest BCUT2D eigenvalue weighted by Gasteiger charge is 2.41. The van der Waals surface area contributed by atoms with Gasteiger partial charge in [0.1, 0.15) is 5.70 Å². The quantitative estimate of drug-likeness (QED) is 0.518. The topological polar surface area (TPSA) is 49.4 Å². The van der Waals surface area contributed by atoms with Crippen molar-refractivity contribution in [3.8, 4) is 0 Å². The average Bonchev–Trinajstić information content (AvgIpc) is 2.96. The number of hydrogen-bond donors (Lipinski definition) is 1. The third kappa shape index (κ3) is 3.87. The normalized spacial score (nSPS) is 13.9. The van der Waals surface area contributed by atoms with Gasteiger partial charge in [0.25, 0.3) is 11.8 Å². The summed E-state index contributed by atoms with van der Waals surface area (Å²) in [5.41, 5.74) is 6.59. The number of nitrogens with zero attached hydrogens (tertiary/aromatic N) is 1. The molecular weight excluding hydrogens is 408 g/mol. The van der Waals surface area contributed by atoms with Gasteiger partial charge >= 0.3 is 0 Å². The lowest BCUT2D eigenvalue weighted by molar-refractivity contribution is -0.120. The smallest absolute Gasteiger partial charge is 0.282 e. The predicted octanol–water partition coefficient (Wildman–Crippen LogP) is 5.97. The Kier molecular flexibility index (Phi) is 5.42. The maximum absolute atomic E-state index is 13.6. The minimum Gasteiger partial charge on any atom is -0.350 e. The van der Waals surface area contributed by atoms with E-state index in [1.807, 2.05) is 70.2 Å². The number of hydrogen-bond acceptors (Lipinski definition) is 3. The molecule has 3 aromatic carbocycles. The molecule has 0 radical (unpaired) electrons. The Morgan fingerprint density at radius 2 is 1.52 bits per heavy atom. The van der Waals surface area contributed by atoms with E-state index >= 15 is 0 Å². The van der Waals surface area contributed by atoms with E-state index in [2.05, 4.69) is 5.32 Å². The molecule has 0 atom stereocenters. The van der Waals surface area contributed by atoms with Gasteiger partial charge in [-0.2, -0.15) is 0 Å². The lowest BCUT2D eigenvalue weighted by atomic mass is 9.99. The van der Waals surface area contributed by atoms with E-state index in [-0.39, 0.29) is 11.6 Å². The zero-order chi connectivity index (χ0) is 22.3. The van der Waals surface area contributed by atoms with Crippen LogP contribution in [0.4, 0.5) is 11.4 Å². The van der Waals surface area contributed by atoms with Crippen LogP contribution in [0.5, 0.6) is 0 Å². The maximum Gasteiger partial charge on any atom is 0.282 e. The summed E-state index contributed by atoms with van der Waals surface area (Å²) >= 11 is 6.19. The number of benzene rings is 3. The van der Waals surface area contributed by atoms with Gasteiger partial charge in [0, 0.05) is 10.7 Å². The van der Waals surface area contributed by atoms with Crippen LogP contribution in [0.25, 0.3) is 5.57 Å². The fraction of sp³-hybridized carbons (Fsp3) is 0.154. The second kappa shape index (κ2) is 8.05. The van der Waals surface area contributed by atoms with E-state index in [0.717, 1.165) is 27.9 Å². The van der Waals surface area contributed by atoms with Crippen LogP contribution in [-0.2, 0) is 9.59 Å². The summed E-state index contributed by atoms with van der Waals surface area (Å²) in [5.74, 6) is -0.765.